The number of methoxy groups -OCH3 is 1. The summed E-state index contributed by atoms with van der Waals surface area (Å²) in [6.45, 7) is -0.275. The van der Waals surface area contributed by atoms with Crippen LogP contribution < -0.4 is 4.74 Å². The zero-order valence-corrected chi connectivity index (χ0v) is 10.3. The topological polar surface area (TPSA) is 55.8 Å². The minimum atomic E-state index is -1.40. The van der Waals surface area contributed by atoms with Gasteiger partial charge in [0.15, 0.2) is 11.6 Å². The van der Waals surface area contributed by atoms with Crippen molar-refractivity contribution < 1.29 is 28.2 Å². The fraction of sp³-hybridized carbons (Fsp3) is 0.300. The van der Waals surface area contributed by atoms with E-state index in [1.165, 1.54) is 7.11 Å². The van der Waals surface area contributed by atoms with Gasteiger partial charge in [-0.2, -0.15) is 4.39 Å². The van der Waals surface area contributed by atoms with Crippen LogP contribution in [0.2, 0.25) is 0 Å². The number of carbonyl (C=O) groups is 1. The van der Waals surface area contributed by atoms with Gasteiger partial charge in [0.2, 0.25) is 11.9 Å². The number of halogens is 3. The molecular formula is C10H9BrF2O4. The summed E-state index contributed by atoms with van der Waals surface area (Å²) >= 11 is 2.95. The van der Waals surface area contributed by atoms with E-state index in [9.17, 15) is 13.6 Å². The number of carboxylic acids is 1. The number of ether oxygens (including phenoxy) is 2. The van der Waals surface area contributed by atoms with Crippen molar-refractivity contribution in [3.05, 3.63) is 28.2 Å². The zero-order valence-electron chi connectivity index (χ0n) is 8.75. The Morgan fingerprint density at radius 3 is 2.71 bits per heavy atom. The highest BCUT2D eigenvalue weighted by molar-refractivity contribution is 9.10. The molecule has 1 atom stereocenters. The SMILES string of the molecule is COCC(Oc1cc(Br)cc(F)c1F)C(=O)O. The fourth-order valence-corrected chi connectivity index (χ4v) is 1.49. The molecule has 1 unspecified atom stereocenters. The van der Waals surface area contributed by atoms with Gasteiger partial charge in [-0.05, 0) is 12.1 Å². The molecule has 0 spiro atoms. The number of hydrogen-bond donors (Lipinski definition) is 1. The van der Waals surface area contributed by atoms with Gasteiger partial charge in [0.1, 0.15) is 0 Å². The van der Waals surface area contributed by atoms with Crippen LogP contribution in [0.15, 0.2) is 16.6 Å². The van der Waals surface area contributed by atoms with Gasteiger partial charge >= 0.3 is 5.97 Å². The Balaban J connectivity index is 2.96. The van der Waals surface area contributed by atoms with Crippen molar-refractivity contribution >= 4 is 21.9 Å². The largest absolute Gasteiger partial charge is 0.478 e. The van der Waals surface area contributed by atoms with Crippen molar-refractivity contribution in [2.75, 3.05) is 13.7 Å². The van der Waals surface area contributed by atoms with Crippen LogP contribution in [-0.2, 0) is 9.53 Å². The van der Waals surface area contributed by atoms with E-state index in [1.54, 1.807) is 0 Å². The third kappa shape index (κ3) is 3.64. The Hall–Kier alpha value is -1.21. The summed E-state index contributed by atoms with van der Waals surface area (Å²) < 4.78 is 36.0. The maximum atomic E-state index is 13.3. The van der Waals surface area contributed by atoms with Gasteiger partial charge in [-0.15, -0.1) is 0 Å². The van der Waals surface area contributed by atoms with E-state index in [-0.39, 0.29) is 11.1 Å². The highest BCUT2D eigenvalue weighted by atomic mass is 79.9. The zero-order chi connectivity index (χ0) is 13.0. The molecule has 94 valence electrons. The van der Waals surface area contributed by atoms with Crippen molar-refractivity contribution in [1.29, 1.82) is 0 Å². The van der Waals surface area contributed by atoms with Gasteiger partial charge in [0.05, 0.1) is 6.61 Å². The molecule has 0 heterocycles. The van der Waals surface area contributed by atoms with Gasteiger partial charge in [0.25, 0.3) is 0 Å². The van der Waals surface area contributed by atoms with E-state index in [2.05, 4.69) is 20.7 Å². The Labute approximate surface area is 104 Å². The lowest BCUT2D eigenvalue weighted by molar-refractivity contribution is -0.147. The first-order valence-corrected chi connectivity index (χ1v) is 5.28. The molecule has 1 rings (SSSR count). The van der Waals surface area contributed by atoms with E-state index < -0.39 is 29.5 Å². The van der Waals surface area contributed by atoms with Crippen LogP contribution in [0.5, 0.6) is 5.75 Å². The normalized spacial score (nSPS) is 12.2. The Morgan fingerprint density at radius 1 is 1.53 bits per heavy atom. The fourth-order valence-electron chi connectivity index (χ4n) is 1.08. The highest BCUT2D eigenvalue weighted by Gasteiger charge is 2.22. The lowest BCUT2D eigenvalue weighted by Crippen LogP contribution is -2.32. The van der Waals surface area contributed by atoms with Gasteiger partial charge in [-0.1, -0.05) is 15.9 Å². The van der Waals surface area contributed by atoms with Gasteiger partial charge in [-0.25, -0.2) is 9.18 Å². The first-order valence-electron chi connectivity index (χ1n) is 4.48. The smallest absolute Gasteiger partial charge is 0.347 e. The summed E-state index contributed by atoms with van der Waals surface area (Å²) in [5.74, 6) is -4.18. The van der Waals surface area contributed by atoms with Crippen LogP contribution in [0.4, 0.5) is 8.78 Å². The van der Waals surface area contributed by atoms with E-state index in [0.717, 1.165) is 12.1 Å². The highest BCUT2D eigenvalue weighted by Crippen LogP contribution is 2.26. The van der Waals surface area contributed by atoms with E-state index in [4.69, 9.17) is 9.84 Å². The first kappa shape index (κ1) is 13.9. The summed E-state index contributed by atoms with van der Waals surface area (Å²) in [6, 6.07) is 2.05. The second kappa shape index (κ2) is 5.92. The molecule has 7 heteroatoms. The molecule has 1 aromatic carbocycles. The molecule has 0 radical (unpaired) electrons. The predicted molar refractivity (Wildman–Crippen MR) is 58.0 cm³/mol. The minimum absolute atomic E-state index is 0.243. The third-order valence-corrected chi connectivity index (χ3v) is 2.28. The molecule has 1 aromatic rings. The molecule has 0 bridgehead atoms. The van der Waals surface area contributed by atoms with Crippen LogP contribution >= 0.6 is 15.9 Å². The van der Waals surface area contributed by atoms with E-state index in [1.807, 2.05) is 0 Å². The molecule has 0 aliphatic heterocycles. The monoisotopic (exact) mass is 310 g/mol. The lowest BCUT2D eigenvalue weighted by atomic mass is 10.3. The average Bonchev–Trinajstić information content (AvgIpc) is 2.24. The van der Waals surface area contributed by atoms with Gasteiger partial charge in [0, 0.05) is 11.6 Å². The van der Waals surface area contributed by atoms with Crippen molar-refractivity contribution in [3.8, 4) is 5.75 Å². The summed E-state index contributed by atoms with van der Waals surface area (Å²) in [7, 11) is 1.27. The predicted octanol–water partition coefficient (Wildman–Crippen LogP) is 2.21. The van der Waals surface area contributed by atoms with E-state index >= 15 is 0 Å². The number of benzene rings is 1. The molecule has 0 aliphatic carbocycles. The summed E-state index contributed by atoms with van der Waals surface area (Å²) in [5, 5.41) is 8.76. The van der Waals surface area contributed by atoms with Crippen molar-refractivity contribution in [3.63, 3.8) is 0 Å². The second-order valence-corrected chi connectivity index (χ2v) is 4.02. The Morgan fingerprint density at radius 2 is 2.18 bits per heavy atom. The first-order chi connectivity index (χ1) is 7.95. The number of rotatable bonds is 5. The standard InChI is InChI=1S/C10H9BrF2O4/c1-16-4-8(10(14)15)17-7-3-5(11)2-6(12)9(7)13/h2-3,8H,4H2,1H3,(H,14,15). The van der Waals surface area contributed by atoms with E-state index in [0.29, 0.717) is 0 Å². The molecule has 17 heavy (non-hydrogen) atoms. The van der Waals surface area contributed by atoms with Crippen LogP contribution in [0.1, 0.15) is 0 Å². The number of carboxylic acid groups (broad SMARTS) is 1. The number of aliphatic carboxylic acids is 1. The lowest BCUT2D eigenvalue weighted by Gasteiger charge is -2.15. The van der Waals surface area contributed by atoms with Gasteiger partial charge < -0.3 is 14.6 Å². The summed E-state index contributed by atoms with van der Waals surface area (Å²) in [5.41, 5.74) is 0. The molecule has 1 N–H and O–H groups in total. The molecule has 0 fully saturated rings. The van der Waals surface area contributed by atoms with Crippen LogP contribution in [0, 0.1) is 11.6 Å². The second-order valence-electron chi connectivity index (χ2n) is 3.10. The molecule has 0 aromatic heterocycles. The minimum Gasteiger partial charge on any atom is -0.478 e. The molecule has 0 saturated heterocycles. The maximum Gasteiger partial charge on any atom is 0.347 e. The van der Waals surface area contributed by atoms with Crippen LogP contribution in [0.3, 0.4) is 0 Å². The Bertz CT molecular complexity index is 425. The molecule has 0 amide bonds. The summed E-state index contributed by atoms with van der Waals surface area (Å²) in [6.07, 6.45) is -1.40. The third-order valence-electron chi connectivity index (χ3n) is 1.82. The Kier molecular flexibility index (Phi) is 4.83. The van der Waals surface area contributed by atoms with Crippen molar-refractivity contribution in [2.45, 2.75) is 6.10 Å². The summed E-state index contributed by atoms with van der Waals surface area (Å²) in [4.78, 5) is 10.7. The molecule has 4 nitrogen and oxygen atoms in total. The van der Waals surface area contributed by atoms with Crippen molar-refractivity contribution in [1.82, 2.24) is 0 Å². The molecular weight excluding hydrogens is 302 g/mol. The van der Waals surface area contributed by atoms with Crippen LogP contribution in [-0.4, -0.2) is 30.9 Å². The van der Waals surface area contributed by atoms with Crippen LogP contribution in [0.25, 0.3) is 0 Å². The molecule has 0 aliphatic rings. The average molecular weight is 311 g/mol. The quantitative estimate of drug-likeness (QED) is 0.847. The maximum absolute atomic E-state index is 13.3. The van der Waals surface area contributed by atoms with Gasteiger partial charge in [-0.3, -0.25) is 0 Å². The molecule has 0 saturated carbocycles. The van der Waals surface area contributed by atoms with Crippen molar-refractivity contribution in [2.24, 2.45) is 0 Å². The number of hydrogen-bond acceptors (Lipinski definition) is 3.